The lowest BCUT2D eigenvalue weighted by molar-refractivity contribution is -0.140. The predicted octanol–water partition coefficient (Wildman–Crippen LogP) is 2.64. The van der Waals surface area contributed by atoms with E-state index in [9.17, 15) is 9.59 Å². The molecule has 1 fully saturated rings. The Kier molecular flexibility index (Phi) is 4.27. The van der Waals surface area contributed by atoms with Crippen LogP contribution in [0, 0.1) is 0 Å². The zero-order chi connectivity index (χ0) is 19.0. The van der Waals surface area contributed by atoms with E-state index in [0.717, 1.165) is 16.5 Å². The number of nitrogens with zero attached hydrogens (tertiary/aromatic N) is 4. The van der Waals surface area contributed by atoms with E-state index in [1.54, 1.807) is 12.4 Å². The quantitative estimate of drug-likeness (QED) is 0.719. The number of nitrogens with one attached hydrogen (secondary N) is 1. The van der Waals surface area contributed by atoms with Crippen LogP contribution in [-0.4, -0.2) is 43.7 Å². The summed E-state index contributed by atoms with van der Waals surface area (Å²) >= 11 is 0. The van der Waals surface area contributed by atoms with Crippen molar-refractivity contribution in [2.24, 2.45) is 0 Å². The number of para-hydroxylation sites is 1. The number of carbonyl (C=O) groups is 2. The van der Waals surface area contributed by atoms with Crippen LogP contribution in [0.1, 0.15) is 20.3 Å². The van der Waals surface area contributed by atoms with Gasteiger partial charge in [-0.3, -0.25) is 19.5 Å². The summed E-state index contributed by atoms with van der Waals surface area (Å²) in [5.41, 5.74) is 1.54. The first-order chi connectivity index (χ1) is 13.0. The van der Waals surface area contributed by atoms with Gasteiger partial charge in [-0.1, -0.05) is 12.1 Å². The van der Waals surface area contributed by atoms with E-state index in [2.05, 4.69) is 20.3 Å². The van der Waals surface area contributed by atoms with Crippen LogP contribution in [-0.2, 0) is 9.59 Å². The Labute approximate surface area is 156 Å². The van der Waals surface area contributed by atoms with Crippen LogP contribution in [0.5, 0.6) is 0 Å². The number of amides is 2. The van der Waals surface area contributed by atoms with Crippen molar-refractivity contribution in [2.45, 2.75) is 32.4 Å². The Morgan fingerprint density at radius 1 is 1.11 bits per heavy atom. The molecule has 7 nitrogen and oxygen atoms in total. The van der Waals surface area contributed by atoms with Crippen LogP contribution < -0.4 is 5.32 Å². The van der Waals surface area contributed by atoms with Crippen LogP contribution >= 0.6 is 0 Å². The molecule has 2 amide bonds. The molecule has 0 radical (unpaired) electrons. The lowest BCUT2D eigenvalue weighted by Gasteiger charge is -2.19. The fraction of sp³-hybridized carbons (Fsp3) is 0.250. The normalized spacial score (nSPS) is 17.1. The molecule has 3 heterocycles. The summed E-state index contributed by atoms with van der Waals surface area (Å²) < 4.78 is 0. The molecule has 7 heteroatoms. The number of imide groups is 1. The van der Waals surface area contributed by atoms with Gasteiger partial charge in [0.2, 0.25) is 5.91 Å². The molecule has 1 N–H and O–H groups in total. The molecule has 1 aliphatic rings. The van der Waals surface area contributed by atoms with Crippen LogP contribution in [0.4, 0.5) is 5.82 Å². The molecule has 0 spiro atoms. The minimum Gasteiger partial charge on any atom is -0.357 e. The third-order valence-corrected chi connectivity index (χ3v) is 4.53. The molecule has 2 aromatic heterocycles. The molecule has 1 aromatic carbocycles. The fourth-order valence-corrected chi connectivity index (χ4v) is 3.28. The first kappa shape index (κ1) is 17.1. The van der Waals surface area contributed by atoms with E-state index in [4.69, 9.17) is 0 Å². The van der Waals surface area contributed by atoms with Crippen molar-refractivity contribution in [3.05, 3.63) is 48.8 Å². The highest BCUT2D eigenvalue weighted by atomic mass is 16.2. The zero-order valence-corrected chi connectivity index (χ0v) is 15.1. The Morgan fingerprint density at radius 2 is 1.93 bits per heavy atom. The maximum atomic E-state index is 12.6. The van der Waals surface area contributed by atoms with Gasteiger partial charge in [0.25, 0.3) is 5.91 Å². The number of pyridine rings is 1. The summed E-state index contributed by atoms with van der Waals surface area (Å²) in [4.78, 5) is 39.5. The lowest BCUT2D eigenvalue weighted by atomic mass is 10.2. The summed E-state index contributed by atoms with van der Waals surface area (Å²) in [6.45, 7) is 3.66. The van der Waals surface area contributed by atoms with Gasteiger partial charge in [-0.25, -0.2) is 9.97 Å². The third-order valence-electron chi connectivity index (χ3n) is 4.53. The highest BCUT2D eigenvalue weighted by molar-refractivity contribution is 6.07. The Morgan fingerprint density at radius 3 is 2.63 bits per heavy atom. The Balaban J connectivity index is 1.75. The molecular formula is C20H19N5O2. The van der Waals surface area contributed by atoms with Crippen LogP contribution in [0.15, 0.2) is 48.8 Å². The summed E-state index contributed by atoms with van der Waals surface area (Å²) in [6.07, 6.45) is 3.50. The second kappa shape index (κ2) is 6.75. The minimum absolute atomic E-state index is 0.123. The van der Waals surface area contributed by atoms with Crippen molar-refractivity contribution in [1.29, 1.82) is 0 Å². The van der Waals surface area contributed by atoms with Crippen LogP contribution in [0.3, 0.4) is 0 Å². The first-order valence-corrected chi connectivity index (χ1v) is 8.84. The molecule has 27 heavy (non-hydrogen) atoms. The number of aromatic nitrogens is 3. The average Bonchev–Trinajstić information content (AvgIpc) is 2.95. The number of benzene rings is 1. The average molecular weight is 361 g/mol. The van der Waals surface area contributed by atoms with Crippen molar-refractivity contribution in [1.82, 2.24) is 19.9 Å². The van der Waals surface area contributed by atoms with Gasteiger partial charge in [-0.05, 0) is 38.1 Å². The van der Waals surface area contributed by atoms with Gasteiger partial charge >= 0.3 is 0 Å². The summed E-state index contributed by atoms with van der Waals surface area (Å²) in [5.74, 6) is 0.664. The Bertz CT molecular complexity index is 1020. The van der Waals surface area contributed by atoms with Gasteiger partial charge in [0, 0.05) is 29.4 Å². The topological polar surface area (TPSA) is 88.1 Å². The number of anilines is 1. The predicted molar refractivity (Wildman–Crippen MR) is 102 cm³/mol. The minimum atomic E-state index is -0.625. The number of hydrogen-bond donors (Lipinski definition) is 1. The SMILES string of the molecule is CC(C)N1C(=O)CC(Nc2nc(-c3cccnc3)nc3ccccc23)C1=O. The summed E-state index contributed by atoms with van der Waals surface area (Å²) in [6, 6.07) is 10.5. The van der Waals surface area contributed by atoms with Crippen molar-refractivity contribution in [3.63, 3.8) is 0 Å². The molecule has 3 aromatic rings. The highest BCUT2D eigenvalue weighted by Gasteiger charge is 2.40. The molecular weight excluding hydrogens is 342 g/mol. The summed E-state index contributed by atoms with van der Waals surface area (Å²) in [5, 5.41) is 3.97. The molecule has 136 valence electrons. The maximum absolute atomic E-state index is 12.6. The molecule has 0 saturated carbocycles. The second-order valence-electron chi connectivity index (χ2n) is 6.75. The smallest absolute Gasteiger partial charge is 0.252 e. The standard InChI is InChI=1S/C20H19N5O2/c1-12(2)25-17(26)10-16(20(25)27)23-19-14-7-3-4-8-15(14)22-18(24-19)13-6-5-9-21-11-13/h3-9,11-12,16H,10H2,1-2H3,(H,22,23,24). The number of rotatable bonds is 4. The van der Waals surface area contributed by atoms with E-state index in [1.807, 2.05) is 50.2 Å². The van der Waals surface area contributed by atoms with Gasteiger partial charge in [0.05, 0.1) is 11.9 Å². The second-order valence-corrected chi connectivity index (χ2v) is 6.75. The van der Waals surface area contributed by atoms with Gasteiger partial charge in [0.15, 0.2) is 5.82 Å². The number of fused-ring (bicyclic) bond motifs is 1. The van der Waals surface area contributed by atoms with Crippen LogP contribution in [0.25, 0.3) is 22.3 Å². The zero-order valence-electron chi connectivity index (χ0n) is 15.1. The number of likely N-dealkylation sites (tertiary alicyclic amines) is 1. The van der Waals surface area contributed by atoms with E-state index >= 15 is 0 Å². The Hall–Kier alpha value is -3.35. The van der Waals surface area contributed by atoms with Crippen molar-refractivity contribution < 1.29 is 9.59 Å². The molecule has 1 aliphatic heterocycles. The summed E-state index contributed by atoms with van der Waals surface area (Å²) in [7, 11) is 0. The first-order valence-electron chi connectivity index (χ1n) is 8.84. The van der Waals surface area contributed by atoms with Crippen molar-refractivity contribution >= 4 is 28.5 Å². The van der Waals surface area contributed by atoms with E-state index in [1.165, 1.54) is 4.90 Å². The maximum Gasteiger partial charge on any atom is 0.252 e. The highest BCUT2D eigenvalue weighted by Crippen LogP contribution is 2.27. The molecule has 0 aliphatic carbocycles. The van der Waals surface area contributed by atoms with Gasteiger partial charge in [0.1, 0.15) is 11.9 Å². The van der Waals surface area contributed by atoms with E-state index in [0.29, 0.717) is 11.6 Å². The monoisotopic (exact) mass is 361 g/mol. The molecule has 1 atom stereocenters. The van der Waals surface area contributed by atoms with Crippen molar-refractivity contribution in [2.75, 3.05) is 5.32 Å². The van der Waals surface area contributed by atoms with Gasteiger partial charge in [-0.15, -0.1) is 0 Å². The lowest BCUT2D eigenvalue weighted by Crippen LogP contribution is -2.39. The molecule has 1 saturated heterocycles. The van der Waals surface area contributed by atoms with E-state index in [-0.39, 0.29) is 24.3 Å². The number of hydrogen-bond acceptors (Lipinski definition) is 6. The fourth-order valence-electron chi connectivity index (χ4n) is 3.28. The molecule has 0 bridgehead atoms. The molecule has 1 unspecified atom stereocenters. The van der Waals surface area contributed by atoms with E-state index < -0.39 is 6.04 Å². The third kappa shape index (κ3) is 3.12. The number of carbonyl (C=O) groups excluding carboxylic acids is 2. The van der Waals surface area contributed by atoms with Crippen LogP contribution in [0.2, 0.25) is 0 Å². The van der Waals surface area contributed by atoms with Gasteiger partial charge < -0.3 is 5.32 Å². The van der Waals surface area contributed by atoms with Crippen molar-refractivity contribution in [3.8, 4) is 11.4 Å². The largest absolute Gasteiger partial charge is 0.357 e. The molecule has 4 rings (SSSR count). The van der Waals surface area contributed by atoms with Gasteiger partial charge in [-0.2, -0.15) is 0 Å².